The van der Waals surface area contributed by atoms with E-state index in [-0.39, 0.29) is 17.8 Å². The normalized spacial score (nSPS) is 17.2. The number of rotatable bonds is 7. The van der Waals surface area contributed by atoms with Gasteiger partial charge in [-0.2, -0.15) is 0 Å². The van der Waals surface area contributed by atoms with Gasteiger partial charge in [0.1, 0.15) is 23.3 Å². The number of thiocarbonyl (C=S) groups is 1. The van der Waals surface area contributed by atoms with E-state index >= 15 is 0 Å². The maximum Gasteiger partial charge on any atom is 0.273 e. The monoisotopic (exact) mass is 500 g/mol. The minimum Gasteiger partial charge on any atom is -0.496 e. The molecule has 2 aromatic heterocycles. The third-order valence-electron chi connectivity index (χ3n) is 6.30. The van der Waals surface area contributed by atoms with E-state index in [1.807, 2.05) is 35.2 Å². The Bertz CT molecular complexity index is 1410. The number of ether oxygens (including phenoxy) is 1. The quantitative estimate of drug-likeness (QED) is 0.188. The van der Waals surface area contributed by atoms with Gasteiger partial charge in [-0.1, -0.05) is 25.1 Å². The zero-order valence-corrected chi connectivity index (χ0v) is 20.6. The van der Waals surface area contributed by atoms with Crippen LogP contribution in [0.1, 0.15) is 36.0 Å². The highest BCUT2D eigenvalue weighted by molar-refractivity contribution is 7.80. The van der Waals surface area contributed by atoms with Gasteiger partial charge in [-0.3, -0.25) is 15.1 Å². The van der Waals surface area contributed by atoms with Gasteiger partial charge in [0, 0.05) is 18.0 Å². The second-order valence-electron chi connectivity index (χ2n) is 8.36. The van der Waals surface area contributed by atoms with Crippen LogP contribution in [0.2, 0.25) is 0 Å². The van der Waals surface area contributed by atoms with Crippen molar-refractivity contribution in [2.75, 3.05) is 12.0 Å². The van der Waals surface area contributed by atoms with E-state index in [2.05, 4.69) is 41.5 Å². The van der Waals surface area contributed by atoms with E-state index < -0.39 is 4.92 Å². The molecule has 1 aliphatic rings. The number of nitrogens with zero attached hydrogens (tertiary/aromatic N) is 3. The van der Waals surface area contributed by atoms with E-state index in [4.69, 9.17) is 21.4 Å². The molecule has 3 heterocycles. The summed E-state index contributed by atoms with van der Waals surface area (Å²) in [6.07, 6.45) is 2.70. The number of non-ortho nitro benzene ring substituents is 1. The predicted octanol–water partition coefficient (Wildman–Crippen LogP) is 6.00. The van der Waals surface area contributed by atoms with Crippen LogP contribution in [0.15, 0.2) is 83.4 Å². The van der Waals surface area contributed by atoms with Crippen molar-refractivity contribution >= 4 is 28.7 Å². The van der Waals surface area contributed by atoms with Crippen LogP contribution in [0, 0.1) is 10.1 Å². The zero-order chi connectivity index (χ0) is 25.2. The number of methoxy groups -OCH3 is 1. The molecular formula is C27H24N4O4S. The van der Waals surface area contributed by atoms with Crippen LogP contribution in [0.3, 0.4) is 0 Å². The number of aromatic nitrogens is 1. The Balaban J connectivity index is 1.58. The summed E-state index contributed by atoms with van der Waals surface area (Å²) in [5, 5.41) is 15.2. The summed E-state index contributed by atoms with van der Waals surface area (Å²) >= 11 is 5.78. The topological polar surface area (TPSA) is 93.7 Å². The lowest BCUT2D eigenvalue weighted by Gasteiger charge is -2.26. The van der Waals surface area contributed by atoms with E-state index in [9.17, 15) is 10.1 Å². The molecule has 182 valence electrons. The number of hydrogen-bond acceptors (Lipinski definition) is 6. The maximum absolute atomic E-state index is 11.2. The summed E-state index contributed by atoms with van der Waals surface area (Å²) in [5.41, 5.74) is 3.59. The average Bonchev–Trinajstić information content (AvgIpc) is 3.53. The summed E-state index contributed by atoms with van der Waals surface area (Å²) in [6, 6.07) is 21.7. The van der Waals surface area contributed by atoms with Crippen molar-refractivity contribution in [2.24, 2.45) is 0 Å². The number of furan rings is 1. The van der Waals surface area contributed by atoms with Gasteiger partial charge in [0.05, 0.1) is 35.4 Å². The lowest BCUT2D eigenvalue weighted by Crippen LogP contribution is -2.29. The lowest BCUT2D eigenvalue weighted by molar-refractivity contribution is -0.384. The van der Waals surface area contributed by atoms with Crippen LogP contribution < -0.4 is 15.0 Å². The first-order valence-corrected chi connectivity index (χ1v) is 11.9. The first-order valence-electron chi connectivity index (χ1n) is 11.5. The minimum atomic E-state index is -0.454. The molecule has 1 N–H and O–H groups in total. The summed E-state index contributed by atoms with van der Waals surface area (Å²) < 4.78 is 11.8. The van der Waals surface area contributed by atoms with Crippen molar-refractivity contribution in [1.29, 1.82) is 0 Å². The van der Waals surface area contributed by atoms with Crippen LogP contribution >= 0.6 is 12.2 Å². The van der Waals surface area contributed by atoms with E-state index in [1.54, 1.807) is 12.3 Å². The number of nitro benzene ring substituents is 1. The van der Waals surface area contributed by atoms with E-state index in [0.29, 0.717) is 27.9 Å². The summed E-state index contributed by atoms with van der Waals surface area (Å²) in [7, 11) is 1.48. The van der Waals surface area contributed by atoms with Gasteiger partial charge in [-0.25, -0.2) is 0 Å². The number of nitro groups is 1. The second-order valence-corrected chi connectivity index (χ2v) is 8.75. The van der Waals surface area contributed by atoms with Crippen LogP contribution in [0.5, 0.6) is 5.75 Å². The Hall–Kier alpha value is -4.24. The molecule has 0 spiro atoms. The molecular weight excluding hydrogens is 476 g/mol. The Morgan fingerprint density at radius 3 is 2.61 bits per heavy atom. The van der Waals surface area contributed by atoms with Gasteiger partial charge in [0.15, 0.2) is 5.11 Å². The average molecular weight is 501 g/mol. The van der Waals surface area contributed by atoms with E-state index in [1.165, 1.54) is 24.8 Å². The number of anilines is 1. The fourth-order valence-corrected chi connectivity index (χ4v) is 4.81. The summed E-state index contributed by atoms with van der Waals surface area (Å²) in [4.78, 5) is 17.4. The molecule has 36 heavy (non-hydrogen) atoms. The standard InChI is InChI=1S/C27H24N4O4S/c1-3-17-7-9-18(10-8-17)30-26(25(29-27(30)36)21-6-4-5-15-28-21)23-14-13-22(35-23)20-12-11-19(31(32)33)16-24(20)34-2/h4-16,25-26H,3H2,1-2H3,(H,29,36)/t25-,26+/m0/s1. The Morgan fingerprint density at radius 1 is 1.14 bits per heavy atom. The number of aryl methyl sites for hydroxylation is 1. The number of nitrogens with one attached hydrogen (secondary N) is 1. The molecule has 0 saturated carbocycles. The third kappa shape index (κ3) is 4.29. The van der Waals surface area contributed by atoms with Crippen LogP contribution in [0.4, 0.5) is 11.4 Å². The Kier molecular flexibility index (Phi) is 6.39. The Labute approximate surface area is 213 Å². The fourth-order valence-electron chi connectivity index (χ4n) is 4.47. The zero-order valence-electron chi connectivity index (χ0n) is 19.8. The molecule has 0 aliphatic carbocycles. The first kappa shape index (κ1) is 23.5. The van der Waals surface area contributed by atoms with Gasteiger partial charge < -0.3 is 19.4 Å². The molecule has 1 aliphatic heterocycles. The van der Waals surface area contributed by atoms with Crippen LogP contribution in [-0.4, -0.2) is 22.1 Å². The molecule has 9 heteroatoms. The lowest BCUT2D eigenvalue weighted by atomic mass is 10.0. The molecule has 5 rings (SSSR count). The van der Waals surface area contributed by atoms with Crippen LogP contribution in [0.25, 0.3) is 11.3 Å². The molecule has 2 aromatic carbocycles. The molecule has 0 radical (unpaired) electrons. The van der Waals surface area contributed by atoms with Gasteiger partial charge in [0.25, 0.3) is 5.69 Å². The number of benzene rings is 2. The van der Waals surface area contributed by atoms with Gasteiger partial charge in [-0.05, 0) is 66.7 Å². The van der Waals surface area contributed by atoms with Gasteiger partial charge >= 0.3 is 0 Å². The SMILES string of the molecule is CCc1ccc(N2C(=S)N[C@@H](c3ccccn3)[C@H]2c2ccc(-c3ccc([N+](=O)[O-])cc3OC)o2)cc1. The maximum atomic E-state index is 11.2. The minimum absolute atomic E-state index is 0.0513. The number of pyridine rings is 1. The molecule has 0 unspecified atom stereocenters. The summed E-state index contributed by atoms with van der Waals surface area (Å²) in [6.45, 7) is 2.12. The highest BCUT2D eigenvalue weighted by Gasteiger charge is 2.42. The van der Waals surface area contributed by atoms with Crippen LogP contribution in [-0.2, 0) is 6.42 Å². The number of hydrogen-bond donors (Lipinski definition) is 1. The summed E-state index contributed by atoms with van der Waals surface area (Å²) in [5.74, 6) is 1.57. The third-order valence-corrected chi connectivity index (χ3v) is 6.62. The van der Waals surface area contributed by atoms with E-state index in [0.717, 1.165) is 17.8 Å². The fraction of sp³-hybridized carbons (Fsp3) is 0.185. The van der Waals surface area contributed by atoms with Crippen molar-refractivity contribution in [2.45, 2.75) is 25.4 Å². The van der Waals surface area contributed by atoms with Crippen molar-refractivity contribution in [3.63, 3.8) is 0 Å². The Morgan fingerprint density at radius 2 is 1.94 bits per heavy atom. The molecule has 2 atom stereocenters. The highest BCUT2D eigenvalue weighted by atomic mass is 32.1. The molecule has 0 bridgehead atoms. The molecule has 1 fully saturated rings. The predicted molar refractivity (Wildman–Crippen MR) is 141 cm³/mol. The highest BCUT2D eigenvalue weighted by Crippen LogP contribution is 2.44. The molecule has 8 nitrogen and oxygen atoms in total. The second kappa shape index (κ2) is 9.79. The first-order chi connectivity index (χ1) is 17.5. The van der Waals surface area contributed by atoms with Crippen molar-refractivity contribution < 1.29 is 14.1 Å². The molecule has 0 amide bonds. The van der Waals surface area contributed by atoms with Crippen molar-refractivity contribution in [1.82, 2.24) is 10.3 Å². The van der Waals surface area contributed by atoms with Crippen molar-refractivity contribution in [3.8, 4) is 17.1 Å². The largest absolute Gasteiger partial charge is 0.496 e. The molecule has 1 saturated heterocycles. The van der Waals surface area contributed by atoms with Gasteiger partial charge in [0.2, 0.25) is 0 Å². The molecule has 4 aromatic rings. The van der Waals surface area contributed by atoms with Gasteiger partial charge in [-0.15, -0.1) is 0 Å². The van der Waals surface area contributed by atoms with Crippen molar-refractivity contribution in [3.05, 3.63) is 106 Å². The smallest absolute Gasteiger partial charge is 0.273 e.